The van der Waals surface area contributed by atoms with Crippen molar-refractivity contribution in [3.05, 3.63) is 27.8 Å². The van der Waals surface area contributed by atoms with Crippen LogP contribution in [0.4, 0.5) is 0 Å². The molecule has 0 fully saturated rings. The van der Waals surface area contributed by atoms with Crippen molar-refractivity contribution in [2.24, 2.45) is 5.92 Å². The van der Waals surface area contributed by atoms with Crippen molar-refractivity contribution in [2.45, 2.75) is 27.2 Å². The lowest BCUT2D eigenvalue weighted by atomic mass is 9.96. The van der Waals surface area contributed by atoms with Gasteiger partial charge in [0.15, 0.2) is 0 Å². The van der Waals surface area contributed by atoms with Crippen molar-refractivity contribution in [1.29, 1.82) is 0 Å². The average molecular weight is 259 g/mol. The third-order valence-electron chi connectivity index (χ3n) is 2.86. The van der Waals surface area contributed by atoms with Gasteiger partial charge in [-0.2, -0.15) is 12.6 Å². The van der Waals surface area contributed by atoms with Crippen LogP contribution in [0.15, 0.2) is 6.07 Å². The van der Waals surface area contributed by atoms with Gasteiger partial charge in [0, 0.05) is 5.02 Å². The van der Waals surface area contributed by atoms with Gasteiger partial charge >= 0.3 is 0 Å². The van der Waals surface area contributed by atoms with Crippen LogP contribution in [0.1, 0.15) is 23.6 Å². The van der Waals surface area contributed by atoms with E-state index in [1.165, 1.54) is 5.56 Å². The molecule has 1 nitrogen and oxygen atoms in total. The number of ether oxygens (including phenoxy) is 1. The number of hydrogen-bond acceptors (Lipinski definition) is 2. The van der Waals surface area contributed by atoms with Gasteiger partial charge in [-0.3, -0.25) is 0 Å². The molecule has 0 heterocycles. The van der Waals surface area contributed by atoms with Crippen LogP contribution in [-0.2, 0) is 6.42 Å². The zero-order chi connectivity index (χ0) is 12.3. The lowest BCUT2D eigenvalue weighted by Crippen LogP contribution is -2.06. The standard InChI is InChI=1S/C13H19ClOS/c1-8(7-16)5-11-10(3)13(14)9(2)6-12(11)15-4/h6,8,16H,5,7H2,1-4H3. The molecule has 0 N–H and O–H groups in total. The Balaban J connectivity index is 3.19. The summed E-state index contributed by atoms with van der Waals surface area (Å²) in [6, 6.07) is 2.01. The van der Waals surface area contributed by atoms with Crippen LogP contribution in [0.5, 0.6) is 5.75 Å². The highest BCUT2D eigenvalue weighted by Crippen LogP contribution is 2.33. The van der Waals surface area contributed by atoms with E-state index in [1.54, 1.807) is 7.11 Å². The van der Waals surface area contributed by atoms with Crippen LogP contribution < -0.4 is 4.74 Å². The van der Waals surface area contributed by atoms with Crippen LogP contribution in [0.3, 0.4) is 0 Å². The Labute approximate surface area is 109 Å². The highest BCUT2D eigenvalue weighted by molar-refractivity contribution is 7.80. The average Bonchev–Trinajstić information content (AvgIpc) is 2.29. The van der Waals surface area contributed by atoms with Gasteiger partial charge in [-0.25, -0.2) is 0 Å². The minimum absolute atomic E-state index is 0.523. The second kappa shape index (κ2) is 5.83. The molecule has 1 unspecified atom stereocenters. The molecule has 0 bridgehead atoms. The van der Waals surface area contributed by atoms with Gasteiger partial charge in [0.25, 0.3) is 0 Å². The van der Waals surface area contributed by atoms with Gasteiger partial charge in [0.1, 0.15) is 5.75 Å². The number of hydrogen-bond donors (Lipinski definition) is 1. The first-order valence-corrected chi connectivity index (χ1v) is 6.45. The summed E-state index contributed by atoms with van der Waals surface area (Å²) in [6.45, 7) is 6.24. The number of aryl methyl sites for hydroxylation is 1. The highest BCUT2D eigenvalue weighted by Gasteiger charge is 2.14. The van der Waals surface area contributed by atoms with Crippen LogP contribution >= 0.6 is 24.2 Å². The molecule has 1 rings (SSSR count). The predicted molar refractivity (Wildman–Crippen MR) is 74.2 cm³/mol. The first-order valence-electron chi connectivity index (χ1n) is 5.44. The third-order valence-corrected chi connectivity index (χ3v) is 4.06. The van der Waals surface area contributed by atoms with Crippen molar-refractivity contribution in [2.75, 3.05) is 12.9 Å². The Morgan fingerprint density at radius 2 is 2.06 bits per heavy atom. The van der Waals surface area contributed by atoms with Gasteiger partial charge in [-0.1, -0.05) is 18.5 Å². The predicted octanol–water partition coefficient (Wildman–Crippen LogP) is 4.07. The quantitative estimate of drug-likeness (QED) is 0.801. The van der Waals surface area contributed by atoms with E-state index in [0.29, 0.717) is 5.92 Å². The van der Waals surface area contributed by atoms with E-state index >= 15 is 0 Å². The van der Waals surface area contributed by atoms with Crippen LogP contribution in [0.2, 0.25) is 5.02 Å². The molecule has 90 valence electrons. The fraction of sp³-hybridized carbons (Fsp3) is 0.538. The summed E-state index contributed by atoms with van der Waals surface area (Å²) in [5.74, 6) is 2.33. The Morgan fingerprint density at radius 1 is 1.44 bits per heavy atom. The number of thiol groups is 1. The Hall–Kier alpha value is -0.340. The van der Waals surface area contributed by atoms with Crippen LogP contribution in [-0.4, -0.2) is 12.9 Å². The topological polar surface area (TPSA) is 9.23 Å². The molecular formula is C13H19ClOS. The molecule has 0 aliphatic carbocycles. The molecule has 0 saturated heterocycles. The molecule has 0 radical (unpaired) electrons. The van der Waals surface area contributed by atoms with Crippen LogP contribution in [0, 0.1) is 19.8 Å². The molecule has 1 aromatic carbocycles. The van der Waals surface area contributed by atoms with E-state index in [2.05, 4.69) is 26.5 Å². The second-order valence-electron chi connectivity index (χ2n) is 4.31. The van der Waals surface area contributed by atoms with E-state index in [1.807, 2.05) is 13.0 Å². The summed E-state index contributed by atoms with van der Waals surface area (Å²) >= 11 is 10.6. The maximum atomic E-state index is 6.26. The monoisotopic (exact) mass is 258 g/mol. The van der Waals surface area contributed by atoms with Gasteiger partial charge in [-0.05, 0) is 54.7 Å². The van der Waals surface area contributed by atoms with Crippen molar-refractivity contribution < 1.29 is 4.74 Å². The molecule has 0 spiro atoms. The molecule has 1 aromatic rings. The molecule has 0 saturated carbocycles. The molecule has 0 amide bonds. The minimum atomic E-state index is 0.523. The van der Waals surface area contributed by atoms with E-state index in [-0.39, 0.29) is 0 Å². The summed E-state index contributed by atoms with van der Waals surface area (Å²) in [5.41, 5.74) is 3.41. The van der Waals surface area contributed by atoms with Gasteiger partial charge < -0.3 is 4.74 Å². The summed E-state index contributed by atoms with van der Waals surface area (Å²) in [4.78, 5) is 0. The Kier molecular flexibility index (Phi) is 5.00. The summed E-state index contributed by atoms with van der Waals surface area (Å²) in [7, 11) is 1.71. The van der Waals surface area contributed by atoms with E-state index < -0.39 is 0 Å². The largest absolute Gasteiger partial charge is 0.496 e. The summed E-state index contributed by atoms with van der Waals surface area (Å²) < 4.78 is 5.42. The first-order chi connectivity index (χ1) is 7.51. The molecule has 16 heavy (non-hydrogen) atoms. The zero-order valence-corrected chi connectivity index (χ0v) is 12.0. The molecule has 0 aromatic heterocycles. The number of benzene rings is 1. The van der Waals surface area contributed by atoms with Crippen molar-refractivity contribution in [1.82, 2.24) is 0 Å². The minimum Gasteiger partial charge on any atom is -0.496 e. The van der Waals surface area contributed by atoms with Gasteiger partial charge in [-0.15, -0.1) is 0 Å². The Morgan fingerprint density at radius 3 is 2.56 bits per heavy atom. The first kappa shape index (κ1) is 13.7. The van der Waals surface area contributed by atoms with Crippen molar-refractivity contribution >= 4 is 24.2 Å². The third kappa shape index (κ3) is 2.86. The number of methoxy groups -OCH3 is 1. The number of halogens is 1. The van der Waals surface area contributed by atoms with Crippen molar-refractivity contribution in [3.63, 3.8) is 0 Å². The van der Waals surface area contributed by atoms with Gasteiger partial charge in [0.05, 0.1) is 7.11 Å². The van der Waals surface area contributed by atoms with Crippen molar-refractivity contribution in [3.8, 4) is 5.75 Å². The molecule has 0 aliphatic heterocycles. The fourth-order valence-corrected chi connectivity index (χ4v) is 2.11. The SMILES string of the molecule is COc1cc(C)c(Cl)c(C)c1CC(C)CS. The smallest absolute Gasteiger partial charge is 0.122 e. The summed E-state index contributed by atoms with van der Waals surface area (Å²) in [5, 5.41) is 0.849. The summed E-state index contributed by atoms with van der Waals surface area (Å²) in [6.07, 6.45) is 0.957. The van der Waals surface area contributed by atoms with E-state index in [0.717, 1.165) is 34.1 Å². The van der Waals surface area contributed by atoms with E-state index in [4.69, 9.17) is 16.3 Å². The van der Waals surface area contributed by atoms with Crippen LogP contribution in [0.25, 0.3) is 0 Å². The molecule has 1 atom stereocenters. The highest BCUT2D eigenvalue weighted by atomic mass is 35.5. The molecular weight excluding hydrogens is 240 g/mol. The lowest BCUT2D eigenvalue weighted by Gasteiger charge is -2.17. The normalized spacial score (nSPS) is 12.6. The van der Waals surface area contributed by atoms with E-state index in [9.17, 15) is 0 Å². The van der Waals surface area contributed by atoms with Gasteiger partial charge in [0.2, 0.25) is 0 Å². The lowest BCUT2D eigenvalue weighted by molar-refractivity contribution is 0.406. The zero-order valence-electron chi connectivity index (χ0n) is 10.3. The fourth-order valence-electron chi connectivity index (χ4n) is 1.81. The Bertz CT molecular complexity index is 377. The maximum absolute atomic E-state index is 6.26. The maximum Gasteiger partial charge on any atom is 0.122 e. The molecule has 0 aliphatic rings. The molecule has 3 heteroatoms. The second-order valence-corrected chi connectivity index (χ2v) is 5.05. The number of rotatable bonds is 4.